The van der Waals surface area contributed by atoms with Crippen molar-refractivity contribution in [1.82, 2.24) is 14.8 Å². The number of amides is 1. The first-order chi connectivity index (χ1) is 12.1. The van der Waals surface area contributed by atoms with Gasteiger partial charge in [0.2, 0.25) is 5.91 Å². The average molecular weight is 360 g/mol. The minimum absolute atomic E-state index is 0.00356. The Kier molecular flexibility index (Phi) is 4.48. The van der Waals surface area contributed by atoms with Crippen molar-refractivity contribution in [3.8, 4) is 11.1 Å². The fourth-order valence-electron chi connectivity index (χ4n) is 3.90. The Hall–Kier alpha value is -1.92. The van der Waals surface area contributed by atoms with Crippen LogP contribution in [0.3, 0.4) is 0 Å². The predicted octanol–water partition coefficient (Wildman–Crippen LogP) is 3.00. The monoisotopic (exact) mass is 359 g/mol. The third kappa shape index (κ3) is 3.28. The molecule has 0 aromatic carbocycles. The number of aromatic nitrogens is 3. The van der Waals surface area contributed by atoms with Gasteiger partial charge in [0.05, 0.1) is 11.2 Å². The number of carbonyl (C=O) groups excluding carboxylic acids is 1. The van der Waals surface area contributed by atoms with Gasteiger partial charge >= 0.3 is 0 Å². The Balaban J connectivity index is 1.56. The molecule has 0 radical (unpaired) electrons. The van der Waals surface area contributed by atoms with E-state index in [0.717, 1.165) is 56.2 Å². The molecule has 1 aliphatic carbocycles. The van der Waals surface area contributed by atoms with E-state index in [-0.39, 0.29) is 17.9 Å². The second-order valence-corrected chi connectivity index (χ2v) is 7.40. The first kappa shape index (κ1) is 16.5. The van der Waals surface area contributed by atoms with E-state index in [9.17, 15) is 4.79 Å². The van der Waals surface area contributed by atoms with Gasteiger partial charge in [-0.25, -0.2) is 4.98 Å². The van der Waals surface area contributed by atoms with Crippen LogP contribution in [0.4, 0.5) is 5.82 Å². The number of anilines is 1. The van der Waals surface area contributed by atoms with Crippen LogP contribution in [-0.2, 0) is 17.8 Å². The molecule has 0 saturated heterocycles. The topological polar surface area (TPSA) is 85.8 Å². The number of fused-ring (bicyclic) bond motifs is 1. The lowest BCUT2D eigenvalue weighted by molar-refractivity contribution is -0.120. The Morgan fingerprint density at radius 1 is 1.28 bits per heavy atom. The van der Waals surface area contributed by atoms with Crippen LogP contribution in [-0.4, -0.2) is 26.7 Å². The maximum atomic E-state index is 12.5. The lowest BCUT2D eigenvalue weighted by Gasteiger charge is -2.25. The number of nitrogens with two attached hydrogens (primary N) is 1. The second kappa shape index (κ2) is 6.77. The number of nitrogens with zero attached hydrogens (tertiary/aromatic N) is 3. The molecule has 4 rings (SSSR count). The normalized spacial score (nSPS) is 22.6. The zero-order chi connectivity index (χ0) is 17.4. The first-order valence-electron chi connectivity index (χ1n) is 8.89. The van der Waals surface area contributed by atoms with Gasteiger partial charge in [-0.2, -0.15) is 5.10 Å². The summed E-state index contributed by atoms with van der Waals surface area (Å²) in [4.78, 5) is 16.8. The fourth-order valence-corrected chi connectivity index (χ4v) is 4.10. The van der Waals surface area contributed by atoms with E-state index >= 15 is 0 Å². The highest BCUT2D eigenvalue weighted by Gasteiger charge is 2.26. The van der Waals surface area contributed by atoms with Gasteiger partial charge < -0.3 is 11.1 Å². The van der Waals surface area contributed by atoms with Crippen molar-refractivity contribution in [2.75, 3.05) is 5.32 Å². The largest absolute Gasteiger partial charge is 0.328 e. The average Bonchev–Trinajstić information content (AvgIpc) is 3.20. The van der Waals surface area contributed by atoms with E-state index in [4.69, 9.17) is 17.3 Å². The van der Waals surface area contributed by atoms with E-state index in [0.29, 0.717) is 10.8 Å². The summed E-state index contributed by atoms with van der Waals surface area (Å²) in [6.45, 7) is 0.948. The van der Waals surface area contributed by atoms with Crippen molar-refractivity contribution >= 4 is 23.3 Å². The molecule has 1 aliphatic heterocycles. The predicted molar refractivity (Wildman–Crippen MR) is 97.4 cm³/mol. The zero-order valence-electron chi connectivity index (χ0n) is 14.0. The van der Waals surface area contributed by atoms with Gasteiger partial charge in [0, 0.05) is 41.5 Å². The van der Waals surface area contributed by atoms with Crippen LogP contribution in [0.1, 0.15) is 37.8 Å². The molecule has 2 aliphatic rings. The number of carbonyl (C=O) groups is 1. The highest BCUT2D eigenvalue weighted by Crippen LogP contribution is 2.34. The summed E-state index contributed by atoms with van der Waals surface area (Å²) in [5.74, 6) is 0.489. The number of rotatable bonds is 3. The standard InChI is InChI=1S/C18H22ClN5O/c19-15-10-21-17(23-18(25)11-3-1-4-12(20)7-11)8-13(15)14-9-22-24-6-2-5-16(14)24/h8-12H,1-7,20H2,(H,21,23,25)/t11-,12+/m0/s1. The molecule has 6 nitrogen and oxygen atoms in total. The quantitative estimate of drug-likeness (QED) is 0.882. The van der Waals surface area contributed by atoms with Crippen LogP contribution in [0, 0.1) is 5.92 Å². The molecule has 1 amide bonds. The molecule has 2 aromatic rings. The molecular formula is C18H22ClN5O. The minimum atomic E-state index is -0.0370. The van der Waals surface area contributed by atoms with Crippen LogP contribution >= 0.6 is 11.6 Å². The van der Waals surface area contributed by atoms with Crippen molar-refractivity contribution in [2.24, 2.45) is 11.7 Å². The summed E-state index contributed by atoms with van der Waals surface area (Å²) in [7, 11) is 0. The van der Waals surface area contributed by atoms with Gasteiger partial charge in [0.25, 0.3) is 0 Å². The van der Waals surface area contributed by atoms with Crippen LogP contribution in [0.2, 0.25) is 5.02 Å². The van der Waals surface area contributed by atoms with Crippen molar-refractivity contribution in [3.05, 3.63) is 29.2 Å². The molecule has 1 fully saturated rings. The molecule has 132 valence electrons. The molecule has 3 heterocycles. The minimum Gasteiger partial charge on any atom is -0.328 e. The number of hydrogen-bond acceptors (Lipinski definition) is 4. The van der Waals surface area contributed by atoms with Crippen LogP contribution in [0.25, 0.3) is 11.1 Å². The Morgan fingerprint density at radius 3 is 3.00 bits per heavy atom. The van der Waals surface area contributed by atoms with Crippen molar-refractivity contribution in [3.63, 3.8) is 0 Å². The molecule has 1 saturated carbocycles. The maximum Gasteiger partial charge on any atom is 0.228 e. The second-order valence-electron chi connectivity index (χ2n) is 6.99. The zero-order valence-corrected chi connectivity index (χ0v) is 14.8. The number of nitrogens with one attached hydrogen (secondary N) is 1. The Morgan fingerprint density at radius 2 is 2.16 bits per heavy atom. The van der Waals surface area contributed by atoms with Gasteiger partial charge in [0.15, 0.2) is 0 Å². The van der Waals surface area contributed by atoms with E-state index in [1.165, 1.54) is 5.69 Å². The maximum absolute atomic E-state index is 12.5. The van der Waals surface area contributed by atoms with Crippen molar-refractivity contribution in [2.45, 2.75) is 51.1 Å². The number of aryl methyl sites for hydroxylation is 1. The van der Waals surface area contributed by atoms with Gasteiger partial charge in [0.1, 0.15) is 5.82 Å². The molecule has 2 aromatic heterocycles. The lowest BCUT2D eigenvalue weighted by atomic mass is 9.85. The third-order valence-electron chi connectivity index (χ3n) is 5.21. The van der Waals surface area contributed by atoms with Crippen molar-refractivity contribution < 1.29 is 4.79 Å². The summed E-state index contributed by atoms with van der Waals surface area (Å²) in [6.07, 6.45) is 9.17. The number of hydrogen-bond donors (Lipinski definition) is 2. The summed E-state index contributed by atoms with van der Waals surface area (Å²) in [6, 6.07) is 1.97. The summed E-state index contributed by atoms with van der Waals surface area (Å²) in [5.41, 5.74) is 9.09. The van der Waals surface area contributed by atoms with E-state index in [1.54, 1.807) is 6.20 Å². The lowest BCUT2D eigenvalue weighted by Crippen LogP contribution is -2.34. The highest BCUT2D eigenvalue weighted by atomic mass is 35.5. The Labute approximate surface area is 151 Å². The van der Waals surface area contributed by atoms with Gasteiger partial charge in [-0.3, -0.25) is 9.48 Å². The van der Waals surface area contributed by atoms with Crippen molar-refractivity contribution in [1.29, 1.82) is 0 Å². The molecule has 25 heavy (non-hydrogen) atoms. The summed E-state index contributed by atoms with van der Waals surface area (Å²) < 4.78 is 2.02. The molecular weight excluding hydrogens is 338 g/mol. The Bertz CT molecular complexity index is 803. The fraction of sp³-hybridized carbons (Fsp3) is 0.500. The molecule has 7 heteroatoms. The number of halogens is 1. The number of pyridine rings is 1. The third-order valence-corrected chi connectivity index (χ3v) is 5.52. The summed E-state index contributed by atoms with van der Waals surface area (Å²) in [5, 5.41) is 7.93. The molecule has 0 bridgehead atoms. The van der Waals surface area contributed by atoms with Gasteiger partial charge in [-0.05, 0) is 38.2 Å². The van der Waals surface area contributed by atoms with E-state index < -0.39 is 0 Å². The first-order valence-corrected chi connectivity index (χ1v) is 9.26. The van der Waals surface area contributed by atoms with Gasteiger partial charge in [-0.15, -0.1) is 0 Å². The molecule has 3 N–H and O–H groups in total. The molecule has 0 spiro atoms. The van der Waals surface area contributed by atoms with Crippen LogP contribution in [0.15, 0.2) is 18.5 Å². The van der Waals surface area contributed by atoms with Crippen LogP contribution in [0.5, 0.6) is 0 Å². The van der Waals surface area contributed by atoms with Gasteiger partial charge in [-0.1, -0.05) is 18.0 Å². The highest BCUT2D eigenvalue weighted by molar-refractivity contribution is 6.33. The smallest absolute Gasteiger partial charge is 0.228 e. The van der Waals surface area contributed by atoms with E-state index in [1.807, 2.05) is 16.9 Å². The van der Waals surface area contributed by atoms with Crippen LogP contribution < -0.4 is 11.1 Å². The molecule has 2 atom stereocenters. The SMILES string of the molecule is N[C@@H]1CCC[C@H](C(=O)Nc2cc(-c3cnn4c3CCC4)c(Cl)cn2)C1. The summed E-state index contributed by atoms with van der Waals surface area (Å²) >= 11 is 6.36. The van der Waals surface area contributed by atoms with E-state index in [2.05, 4.69) is 15.4 Å². The molecule has 0 unspecified atom stereocenters.